The number of piperidine rings is 1. The summed E-state index contributed by atoms with van der Waals surface area (Å²) < 4.78 is 52.4. The summed E-state index contributed by atoms with van der Waals surface area (Å²) >= 11 is 0. The standard InChI is InChI=1S/C19H27F2N3O4S/c1-12(2)17(22-18(25)16-14(20)6-5-7-15(16)21)19(26)24-10-8-13(9-11-24)23(3)29(4,27)28/h5-7,12-13,17H,8-11H2,1-4H3,(H,22,25). The van der Waals surface area contributed by atoms with Crippen LogP contribution < -0.4 is 5.32 Å². The molecule has 1 aliphatic rings. The van der Waals surface area contributed by atoms with Gasteiger partial charge in [0.2, 0.25) is 15.9 Å². The van der Waals surface area contributed by atoms with Crippen molar-refractivity contribution in [3.63, 3.8) is 0 Å². The van der Waals surface area contributed by atoms with E-state index in [4.69, 9.17) is 0 Å². The molecule has 0 spiro atoms. The first-order chi connectivity index (χ1) is 13.4. The Hall–Kier alpha value is -2.07. The Labute approximate surface area is 170 Å². The van der Waals surface area contributed by atoms with Crippen molar-refractivity contribution in [2.24, 2.45) is 5.92 Å². The van der Waals surface area contributed by atoms with Crippen molar-refractivity contribution in [3.05, 3.63) is 35.4 Å². The van der Waals surface area contributed by atoms with E-state index in [1.807, 2.05) is 0 Å². The van der Waals surface area contributed by atoms with E-state index in [0.29, 0.717) is 25.9 Å². The van der Waals surface area contributed by atoms with Crippen LogP contribution in [0.5, 0.6) is 0 Å². The van der Waals surface area contributed by atoms with E-state index in [1.54, 1.807) is 18.7 Å². The Balaban J connectivity index is 2.08. The highest BCUT2D eigenvalue weighted by atomic mass is 32.2. The van der Waals surface area contributed by atoms with Crippen molar-refractivity contribution in [2.75, 3.05) is 26.4 Å². The van der Waals surface area contributed by atoms with Crippen LogP contribution in [-0.4, -0.2) is 67.9 Å². The van der Waals surface area contributed by atoms with Crippen molar-refractivity contribution in [3.8, 4) is 0 Å². The molecule has 0 saturated carbocycles. The smallest absolute Gasteiger partial charge is 0.257 e. The number of sulfonamides is 1. The molecule has 1 unspecified atom stereocenters. The van der Waals surface area contributed by atoms with Gasteiger partial charge in [-0.3, -0.25) is 9.59 Å². The highest BCUT2D eigenvalue weighted by molar-refractivity contribution is 7.88. The lowest BCUT2D eigenvalue weighted by molar-refractivity contribution is -0.135. The summed E-state index contributed by atoms with van der Waals surface area (Å²) in [7, 11) is -1.81. The predicted molar refractivity (Wildman–Crippen MR) is 105 cm³/mol. The van der Waals surface area contributed by atoms with E-state index < -0.39 is 39.2 Å². The second-order valence-corrected chi connectivity index (χ2v) is 9.67. The van der Waals surface area contributed by atoms with Crippen LogP contribution in [0.25, 0.3) is 0 Å². The van der Waals surface area contributed by atoms with Crippen LogP contribution in [0, 0.1) is 17.6 Å². The molecule has 1 saturated heterocycles. The molecule has 29 heavy (non-hydrogen) atoms. The van der Waals surface area contributed by atoms with Crippen molar-refractivity contribution in [1.82, 2.24) is 14.5 Å². The number of hydrogen-bond donors (Lipinski definition) is 1. The SMILES string of the molecule is CC(C)C(NC(=O)c1c(F)cccc1F)C(=O)N1CCC(N(C)S(C)(=O)=O)CC1. The van der Waals surface area contributed by atoms with Gasteiger partial charge in [0.15, 0.2) is 0 Å². The predicted octanol–water partition coefficient (Wildman–Crippen LogP) is 1.60. The van der Waals surface area contributed by atoms with Gasteiger partial charge in [0.25, 0.3) is 5.91 Å². The quantitative estimate of drug-likeness (QED) is 0.741. The monoisotopic (exact) mass is 431 g/mol. The highest BCUT2D eigenvalue weighted by Gasteiger charge is 2.34. The van der Waals surface area contributed by atoms with Crippen LogP contribution in [-0.2, 0) is 14.8 Å². The summed E-state index contributed by atoms with van der Waals surface area (Å²) in [6, 6.07) is 1.96. The molecule has 2 amide bonds. The molecule has 1 fully saturated rings. The molecule has 7 nitrogen and oxygen atoms in total. The van der Waals surface area contributed by atoms with Crippen LogP contribution in [0.1, 0.15) is 37.0 Å². The van der Waals surface area contributed by atoms with Gasteiger partial charge in [-0.1, -0.05) is 19.9 Å². The Morgan fingerprint density at radius 3 is 2.14 bits per heavy atom. The normalized spacial score (nSPS) is 16.9. The minimum atomic E-state index is -3.32. The molecule has 1 atom stereocenters. The average molecular weight is 432 g/mol. The summed E-state index contributed by atoms with van der Waals surface area (Å²) in [4.78, 5) is 26.9. The molecule has 1 aromatic carbocycles. The largest absolute Gasteiger partial charge is 0.341 e. The second-order valence-electron chi connectivity index (χ2n) is 7.63. The highest BCUT2D eigenvalue weighted by Crippen LogP contribution is 2.20. The van der Waals surface area contributed by atoms with Crippen molar-refractivity contribution in [2.45, 2.75) is 38.8 Å². The maximum absolute atomic E-state index is 13.9. The van der Waals surface area contributed by atoms with Crippen LogP contribution in [0.2, 0.25) is 0 Å². The van der Waals surface area contributed by atoms with Crippen molar-refractivity contribution >= 4 is 21.8 Å². The van der Waals surface area contributed by atoms with Gasteiger partial charge in [0.05, 0.1) is 6.26 Å². The number of rotatable bonds is 6. The zero-order valence-corrected chi connectivity index (χ0v) is 17.8. The number of benzene rings is 1. The Kier molecular flexibility index (Phi) is 7.34. The molecular formula is C19H27F2N3O4S. The Bertz CT molecular complexity index is 848. The molecule has 1 aliphatic heterocycles. The van der Waals surface area contributed by atoms with Crippen molar-refractivity contribution in [1.29, 1.82) is 0 Å². The Morgan fingerprint density at radius 1 is 1.17 bits per heavy atom. The third-order valence-electron chi connectivity index (χ3n) is 5.22. The molecule has 0 aromatic heterocycles. The van der Waals surface area contributed by atoms with E-state index in [0.717, 1.165) is 24.5 Å². The lowest BCUT2D eigenvalue weighted by Crippen LogP contribution is -2.55. The first-order valence-corrected chi connectivity index (χ1v) is 11.2. The fourth-order valence-corrected chi connectivity index (χ4v) is 4.11. The maximum Gasteiger partial charge on any atom is 0.257 e. The molecule has 0 bridgehead atoms. The van der Waals surface area contributed by atoms with Crippen LogP contribution in [0.15, 0.2) is 18.2 Å². The number of amides is 2. The van der Waals surface area contributed by atoms with Crippen LogP contribution >= 0.6 is 0 Å². The van der Waals surface area contributed by atoms with Gasteiger partial charge in [0, 0.05) is 26.2 Å². The summed E-state index contributed by atoms with van der Waals surface area (Å²) in [6.45, 7) is 4.11. The molecule has 1 aromatic rings. The molecular weight excluding hydrogens is 404 g/mol. The zero-order valence-electron chi connectivity index (χ0n) is 17.0. The fourth-order valence-electron chi connectivity index (χ4n) is 3.36. The fraction of sp³-hybridized carbons (Fsp3) is 0.579. The number of likely N-dealkylation sites (tertiary alicyclic amines) is 1. The van der Waals surface area contributed by atoms with E-state index in [2.05, 4.69) is 5.32 Å². The third-order valence-corrected chi connectivity index (χ3v) is 6.57. The third kappa shape index (κ3) is 5.51. The lowest BCUT2D eigenvalue weighted by Gasteiger charge is -2.37. The van der Waals surface area contributed by atoms with Gasteiger partial charge in [-0.05, 0) is 30.9 Å². The first-order valence-electron chi connectivity index (χ1n) is 9.40. The topological polar surface area (TPSA) is 86.8 Å². The second kappa shape index (κ2) is 9.17. The van der Waals surface area contributed by atoms with Gasteiger partial charge in [-0.25, -0.2) is 21.5 Å². The lowest BCUT2D eigenvalue weighted by atomic mass is 9.99. The number of nitrogens with zero attached hydrogens (tertiary/aromatic N) is 2. The zero-order chi connectivity index (χ0) is 21.9. The molecule has 162 valence electrons. The van der Waals surface area contributed by atoms with Crippen LogP contribution in [0.4, 0.5) is 8.78 Å². The molecule has 0 radical (unpaired) electrons. The first kappa shape index (κ1) is 23.2. The molecule has 0 aliphatic carbocycles. The summed E-state index contributed by atoms with van der Waals surface area (Å²) in [6.07, 6.45) is 2.07. The summed E-state index contributed by atoms with van der Waals surface area (Å²) in [5, 5.41) is 2.45. The van der Waals surface area contributed by atoms with Gasteiger partial charge < -0.3 is 10.2 Å². The maximum atomic E-state index is 13.9. The molecule has 1 N–H and O–H groups in total. The van der Waals surface area contributed by atoms with E-state index in [1.165, 1.54) is 11.4 Å². The number of hydrogen-bond acceptors (Lipinski definition) is 4. The number of carbonyl (C=O) groups is 2. The number of carbonyl (C=O) groups excluding carboxylic acids is 2. The van der Waals surface area contributed by atoms with E-state index in [-0.39, 0.29) is 17.9 Å². The Morgan fingerprint density at radius 2 is 1.69 bits per heavy atom. The minimum Gasteiger partial charge on any atom is -0.341 e. The van der Waals surface area contributed by atoms with Gasteiger partial charge >= 0.3 is 0 Å². The van der Waals surface area contributed by atoms with Crippen LogP contribution in [0.3, 0.4) is 0 Å². The van der Waals surface area contributed by atoms with Gasteiger partial charge in [-0.2, -0.15) is 0 Å². The van der Waals surface area contributed by atoms with Gasteiger partial charge in [-0.15, -0.1) is 0 Å². The number of nitrogens with one attached hydrogen (secondary N) is 1. The number of halogens is 2. The van der Waals surface area contributed by atoms with Crippen molar-refractivity contribution < 1.29 is 26.8 Å². The molecule has 1 heterocycles. The average Bonchev–Trinajstić information content (AvgIpc) is 2.64. The summed E-state index contributed by atoms with van der Waals surface area (Å²) in [5.41, 5.74) is -0.723. The minimum absolute atomic E-state index is 0.200. The van der Waals surface area contributed by atoms with E-state index >= 15 is 0 Å². The van der Waals surface area contributed by atoms with Gasteiger partial charge in [0.1, 0.15) is 23.2 Å². The summed E-state index contributed by atoms with van der Waals surface area (Å²) in [5.74, 6) is -3.65. The van der Waals surface area contributed by atoms with E-state index in [9.17, 15) is 26.8 Å². The molecule has 2 rings (SSSR count). The molecule has 10 heteroatoms.